The van der Waals surface area contributed by atoms with Gasteiger partial charge in [-0.25, -0.2) is 9.59 Å². The van der Waals surface area contributed by atoms with Crippen molar-refractivity contribution in [2.24, 2.45) is 0 Å². The quantitative estimate of drug-likeness (QED) is 0.0667. The number of dihydropyridines is 1. The Balaban J connectivity index is 1.27. The predicted molar refractivity (Wildman–Crippen MR) is 176 cm³/mol. The van der Waals surface area contributed by atoms with Crippen molar-refractivity contribution in [3.05, 3.63) is 92.3 Å². The van der Waals surface area contributed by atoms with Crippen LogP contribution in [0, 0.1) is 10.1 Å². The van der Waals surface area contributed by atoms with E-state index in [-0.39, 0.29) is 36.3 Å². The first-order valence-corrected chi connectivity index (χ1v) is 17.0. The Morgan fingerprint density at radius 3 is 2.39 bits per heavy atom. The van der Waals surface area contributed by atoms with Crippen LogP contribution in [0.25, 0.3) is 0 Å². The zero-order valence-corrected chi connectivity index (χ0v) is 27.7. The van der Waals surface area contributed by atoms with Gasteiger partial charge in [0.05, 0.1) is 35.2 Å². The number of rotatable bonds is 16. The molecule has 2 aliphatic rings. The lowest BCUT2D eigenvalue weighted by Crippen LogP contribution is -2.32. The Bertz CT molecular complexity index is 1420. The van der Waals surface area contributed by atoms with Crippen molar-refractivity contribution in [3.63, 3.8) is 0 Å². The van der Waals surface area contributed by atoms with E-state index in [0.29, 0.717) is 23.4 Å². The molecular formula is C35H44N2O8S. The minimum atomic E-state index is -0.876. The molecule has 2 atom stereocenters. The first kappa shape index (κ1) is 35.2. The van der Waals surface area contributed by atoms with E-state index >= 15 is 0 Å². The molecule has 0 spiro atoms. The molecule has 2 aromatic rings. The van der Waals surface area contributed by atoms with E-state index in [0.717, 1.165) is 56.0 Å². The average molecular weight is 653 g/mol. The summed E-state index contributed by atoms with van der Waals surface area (Å²) in [5, 5.41) is 14.6. The molecule has 0 aromatic heterocycles. The van der Waals surface area contributed by atoms with Gasteiger partial charge in [0, 0.05) is 47.4 Å². The number of carbonyl (C=O) groups is 2. The van der Waals surface area contributed by atoms with Gasteiger partial charge in [-0.3, -0.25) is 10.1 Å². The number of benzene rings is 2. The number of carbonyl (C=O) groups excluding carboxylic acids is 2. The van der Waals surface area contributed by atoms with Crippen molar-refractivity contribution in [3.8, 4) is 0 Å². The molecule has 2 unspecified atom stereocenters. The van der Waals surface area contributed by atoms with Crippen molar-refractivity contribution in [2.45, 2.75) is 82.8 Å². The lowest BCUT2D eigenvalue weighted by molar-refractivity contribution is -0.384. The summed E-state index contributed by atoms with van der Waals surface area (Å²) >= 11 is 1.69. The highest BCUT2D eigenvalue weighted by molar-refractivity contribution is 7.99. The summed E-state index contributed by atoms with van der Waals surface area (Å²) in [7, 11) is 0. The summed E-state index contributed by atoms with van der Waals surface area (Å²) in [5.74, 6) is -1.30. The maximum Gasteiger partial charge on any atom is 0.336 e. The Kier molecular flexibility index (Phi) is 13.7. The molecule has 46 heavy (non-hydrogen) atoms. The predicted octanol–water partition coefficient (Wildman–Crippen LogP) is 6.98. The molecule has 2 aliphatic heterocycles. The number of nitrogens with zero attached hydrogens (tertiary/aromatic N) is 1. The van der Waals surface area contributed by atoms with Crippen molar-refractivity contribution >= 4 is 29.4 Å². The number of hydrogen-bond acceptors (Lipinski definition) is 10. The second-order valence-electron chi connectivity index (χ2n) is 11.3. The summed E-state index contributed by atoms with van der Waals surface area (Å²) in [4.78, 5) is 38.7. The topological polar surface area (TPSA) is 126 Å². The zero-order valence-electron chi connectivity index (χ0n) is 26.9. The number of esters is 2. The van der Waals surface area contributed by atoms with Crippen molar-refractivity contribution in [1.29, 1.82) is 0 Å². The Hall–Kier alpha value is -3.67. The normalized spacial score (nSPS) is 18.2. The molecule has 0 bridgehead atoms. The van der Waals surface area contributed by atoms with E-state index in [1.165, 1.54) is 24.1 Å². The molecule has 1 saturated heterocycles. The van der Waals surface area contributed by atoms with Gasteiger partial charge in [0.2, 0.25) is 0 Å². The molecule has 11 heteroatoms. The highest BCUT2D eigenvalue weighted by Gasteiger charge is 2.38. The average Bonchev–Trinajstić information content (AvgIpc) is 3.05. The highest BCUT2D eigenvalue weighted by Crippen LogP contribution is 2.40. The van der Waals surface area contributed by atoms with Crippen molar-refractivity contribution in [1.82, 2.24) is 5.32 Å². The third-order valence-corrected chi connectivity index (χ3v) is 9.00. The van der Waals surface area contributed by atoms with Gasteiger partial charge in [-0.05, 0) is 89.0 Å². The van der Waals surface area contributed by atoms with Gasteiger partial charge in [-0.2, -0.15) is 0 Å². The van der Waals surface area contributed by atoms with Crippen LogP contribution in [0.1, 0.15) is 76.3 Å². The van der Waals surface area contributed by atoms with Gasteiger partial charge in [0.25, 0.3) is 5.69 Å². The molecule has 0 saturated carbocycles. The molecule has 2 heterocycles. The first-order valence-electron chi connectivity index (χ1n) is 16.0. The number of ether oxygens (including phenoxy) is 4. The van der Waals surface area contributed by atoms with Crippen LogP contribution in [0.3, 0.4) is 0 Å². The summed E-state index contributed by atoms with van der Waals surface area (Å²) in [6.07, 6.45) is 6.98. The largest absolute Gasteiger partial charge is 0.463 e. The van der Waals surface area contributed by atoms with E-state index in [1.54, 1.807) is 44.7 Å². The van der Waals surface area contributed by atoms with Crippen LogP contribution in [0.2, 0.25) is 0 Å². The highest BCUT2D eigenvalue weighted by atomic mass is 32.2. The first-order chi connectivity index (χ1) is 22.3. The Morgan fingerprint density at radius 2 is 1.72 bits per heavy atom. The lowest BCUT2D eigenvalue weighted by atomic mass is 9.80. The van der Waals surface area contributed by atoms with E-state index in [2.05, 4.69) is 29.6 Å². The van der Waals surface area contributed by atoms with Crippen LogP contribution in [0.5, 0.6) is 0 Å². The third-order valence-electron chi connectivity index (χ3n) is 7.91. The minimum Gasteiger partial charge on any atom is -0.463 e. The fourth-order valence-electron chi connectivity index (χ4n) is 5.63. The number of non-ortho nitro benzene ring substituents is 1. The molecule has 4 rings (SSSR count). The SMILES string of the molecule is CCOC(=O)C1=C(C)NC(C)=C(C(=O)OCCCSc2ccc(CCCCOC3CCCCO3)cc2)C1c1cccc([N+](=O)[O-])c1. The number of allylic oxidation sites excluding steroid dienone is 2. The number of aryl methyl sites for hydroxylation is 1. The van der Waals surface area contributed by atoms with Gasteiger partial charge in [-0.1, -0.05) is 24.3 Å². The lowest BCUT2D eigenvalue weighted by Gasteiger charge is -2.30. The number of nitrogens with one attached hydrogen (secondary N) is 1. The smallest absolute Gasteiger partial charge is 0.336 e. The Morgan fingerprint density at radius 1 is 0.978 bits per heavy atom. The summed E-state index contributed by atoms with van der Waals surface area (Å²) in [5.41, 5.74) is 3.08. The second kappa shape index (κ2) is 17.9. The molecule has 10 nitrogen and oxygen atoms in total. The van der Waals surface area contributed by atoms with E-state index < -0.39 is 22.8 Å². The molecular weight excluding hydrogens is 608 g/mol. The van der Waals surface area contributed by atoms with Gasteiger partial charge >= 0.3 is 11.9 Å². The zero-order chi connectivity index (χ0) is 32.9. The van der Waals surface area contributed by atoms with E-state index in [4.69, 9.17) is 18.9 Å². The molecule has 248 valence electrons. The number of thioether (sulfide) groups is 1. The van der Waals surface area contributed by atoms with Crippen LogP contribution in [-0.2, 0) is 35.0 Å². The molecule has 1 fully saturated rings. The van der Waals surface area contributed by atoms with Crippen LogP contribution in [0.15, 0.2) is 76.0 Å². The summed E-state index contributed by atoms with van der Waals surface area (Å²) in [6, 6.07) is 14.5. The van der Waals surface area contributed by atoms with Gasteiger partial charge in [0.1, 0.15) is 0 Å². The van der Waals surface area contributed by atoms with Crippen molar-refractivity contribution < 1.29 is 33.5 Å². The maximum absolute atomic E-state index is 13.5. The van der Waals surface area contributed by atoms with Crippen LogP contribution in [0.4, 0.5) is 5.69 Å². The number of nitro groups is 1. The van der Waals surface area contributed by atoms with Gasteiger partial charge in [-0.15, -0.1) is 11.8 Å². The fraction of sp³-hybridized carbons (Fsp3) is 0.486. The third kappa shape index (κ3) is 9.91. The van der Waals surface area contributed by atoms with Crippen LogP contribution >= 0.6 is 11.8 Å². The number of nitro benzene ring substituents is 1. The maximum atomic E-state index is 13.5. The molecule has 0 amide bonds. The molecule has 0 radical (unpaired) electrons. The van der Waals surface area contributed by atoms with E-state index in [1.807, 2.05) is 0 Å². The van der Waals surface area contributed by atoms with Crippen LogP contribution in [-0.4, -0.2) is 55.3 Å². The fourth-order valence-corrected chi connectivity index (χ4v) is 6.45. The molecule has 0 aliphatic carbocycles. The Labute approximate surface area is 275 Å². The van der Waals surface area contributed by atoms with E-state index in [9.17, 15) is 19.7 Å². The number of unbranched alkanes of at least 4 members (excludes halogenated alkanes) is 1. The van der Waals surface area contributed by atoms with Crippen LogP contribution < -0.4 is 5.32 Å². The standard InChI is InChI=1S/C35H44N2O8S/c1-4-42-34(38)31-24(2)36-25(3)32(33(31)27-12-9-13-28(23-27)37(40)41)35(39)45-21-10-22-46-29-17-15-26(16-18-29)11-5-7-19-43-30-14-6-8-20-44-30/h9,12-13,15-18,23,30,33,36H,4-8,10-11,14,19-22H2,1-3H3. The molecule has 2 aromatic carbocycles. The van der Waals surface area contributed by atoms with Gasteiger partial charge in [0.15, 0.2) is 6.29 Å². The summed E-state index contributed by atoms with van der Waals surface area (Å²) in [6.45, 7) is 7.01. The second-order valence-corrected chi connectivity index (χ2v) is 12.5. The summed E-state index contributed by atoms with van der Waals surface area (Å²) < 4.78 is 22.4. The monoisotopic (exact) mass is 652 g/mol. The minimum absolute atomic E-state index is 0.0259. The molecule has 1 N–H and O–H groups in total. The van der Waals surface area contributed by atoms with Crippen molar-refractivity contribution in [2.75, 3.05) is 32.2 Å². The number of hydrogen-bond donors (Lipinski definition) is 1. The van der Waals surface area contributed by atoms with Gasteiger partial charge < -0.3 is 24.3 Å².